The Bertz CT molecular complexity index is 1500. The minimum Gasteiger partial charge on any atom is -0.481 e. The minimum absolute atomic E-state index is 0.0888. The highest BCUT2D eigenvalue weighted by Crippen LogP contribution is 2.47. The fraction of sp³-hybridized carbons (Fsp3) is 0.400. The van der Waals surface area contributed by atoms with Gasteiger partial charge in [0.05, 0.1) is 5.41 Å². The van der Waals surface area contributed by atoms with Crippen molar-refractivity contribution in [3.8, 4) is 0 Å². The van der Waals surface area contributed by atoms with Gasteiger partial charge >= 0.3 is 5.97 Å². The molecule has 4 aromatic rings. The van der Waals surface area contributed by atoms with Crippen molar-refractivity contribution in [3.63, 3.8) is 0 Å². The van der Waals surface area contributed by atoms with Crippen LogP contribution in [0.2, 0.25) is 5.02 Å². The van der Waals surface area contributed by atoms with E-state index in [1.165, 1.54) is 26.3 Å². The van der Waals surface area contributed by atoms with Crippen LogP contribution in [0.15, 0.2) is 76.5 Å². The normalized spacial score (nSPS) is 15.3. The smallest absolute Gasteiger partial charge is 0.310 e. The summed E-state index contributed by atoms with van der Waals surface area (Å²) in [6.45, 7) is 11.8. The molecule has 1 aliphatic rings. The Morgan fingerprint density at radius 3 is 2.23 bits per heavy atom. The second-order valence-electron chi connectivity index (χ2n) is 12.8. The van der Waals surface area contributed by atoms with Crippen molar-refractivity contribution in [1.82, 2.24) is 4.57 Å². The van der Waals surface area contributed by atoms with Crippen molar-refractivity contribution >= 4 is 40.2 Å². The highest BCUT2D eigenvalue weighted by atomic mass is 35.5. The number of hydrogen-bond donors (Lipinski definition) is 1. The van der Waals surface area contributed by atoms with E-state index < -0.39 is 11.4 Å². The second-order valence-corrected chi connectivity index (χ2v) is 14.3. The molecule has 1 N–H and O–H groups in total. The lowest BCUT2D eigenvalue weighted by Gasteiger charge is -2.26. The number of carboxylic acid groups (broad SMARTS) is 1. The molecule has 40 heavy (non-hydrogen) atoms. The SMILES string of the molecule is CC(C)c1ccc2c(c1)c(Sc1ccc(C(C)(C)C)cc1)c(CC1(C(=O)O)CCCC1)n2Cc1ccc(Cl)cc1. The molecular weight excluding hydrogens is 534 g/mol. The van der Waals surface area contributed by atoms with Crippen LogP contribution in [0.1, 0.15) is 88.6 Å². The van der Waals surface area contributed by atoms with Crippen LogP contribution >= 0.6 is 23.4 Å². The van der Waals surface area contributed by atoms with Gasteiger partial charge in [-0.1, -0.05) is 101 Å². The molecule has 1 fully saturated rings. The molecule has 1 aliphatic carbocycles. The third kappa shape index (κ3) is 5.85. The molecule has 1 aromatic heterocycles. The number of benzene rings is 3. The van der Waals surface area contributed by atoms with Gasteiger partial charge in [-0.15, -0.1) is 0 Å². The number of halogens is 1. The summed E-state index contributed by atoms with van der Waals surface area (Å²) in [5.74, 6) is -0.266. The van der Waals surface area contributed by atoms with Gasteiger partial charge in [-0.05, 0) is 77.3 Å². The van der Waals surface area contributed by atoms with E-state index in [-0.39, 0.29) is 5.41 Å². The van der Waals surface area contributed by atoms with E-state index in [4.69, 9.17) is 11.6 Å². The zero-order valence-corrected chi connectivity index (χ0v) is 25.8. The van der Waals surface area contributed by atoms with E-state index in [1.807, 2.05) is 12.1 Å². The Morgan fingerprint density at radius 2 is 1.65 bits per heavy atom. The average Bonchev–Trinajstić information content (AvgIpc) is 3.50. The van der Waals surface area contributed by atoms with E-state index in [9.17, 15) is 9.90 Å². The summed E-state index contributed by atoms with van der Waals surface area (Å²) < 4.78 is 2.37. The summed E-state index contributed by atoms with van der Waals surface area (Å²) >= 11 is 7.99. The Balaban J connectivity index is 1.70. The van der Waals surface area contributed by atoms with Gasteiger partial charge in [-0.3, -0.25) is 4.79 Å². The number of aromatic nitrogens is 1. The van der Waals surface area contributed by atoms with Gasteiger partial charge in [0.1, 0.15) is 0 Å². The van der Waals surface area contributed by atoms with Crippen LogP contribution in [0.25, 0.3) is 10.9 Å². The first-order valence-electron chi connectivity index (χ1n) is 14.4. The second kappa shape index (κ2) is 11.3. The lowest BCUT2D eigenvalue weighted by molar-refractivity contribution is -0.148. The monoisotopic (exact) mass is 573 g/mol. The molecule has 1 heterocycles. The van der Waals surface area contributed by atoms with Crippen LogP contribution in [0.4, 0.5) is 0 Å². The lowest BCUT2D eigenvalue weighted by Crippen LogP contribution is -2.31. The average molecular weight is 574 g/mol. The molecule has 0 unspecified atom stereocenters. The predicted octanol–water partition coefficient (Wildman–Crippen LogP) is 10.1. The van der Waals surface area contributed by atoms with Crippen LogP contribution in [0, 0.1) is 5.41 Å². The van der Waals surface area contributed by atoms with Gasteiger partial charge in [0.15, 0.2) is 0 Å². The Kier molecular flexibility index (Phi) is 8.14. The van der Waals surface area contributed by atoms with Gasteiger partial charge < -0.3 is 9.67 Å². The van der Waals surface area contributed by atoms with Gasteiger partial charge in [-0.2, -0.15) is 0 Å². The molecular formula is C35H40ClNO2S. The first-order chi connectivity index (χ1) is 19.0. The highest BCUT2D eigenvalue weighted by molar-refractivity contribution is 7.99. The largest absolute Gasteiger partial charge is 0.481 e. The summed E-state index contributed by atoms with van der Waals surface area (Å²) in [4.78, 5) is 15.1. The van der Waals surface area contributed by atoms with Crippen molar-refractivity contribution in [1.29, 1.82) is 0 Å². The van der Waals surface area contributed by atoms with Crippen molar-refractivity contribution in [2.24, 2.45) is 5.41 Å². The highest BCUT2D eigenvalue weighted by Gasteiger charge is 2.43. The van der Waals surface area contributed by atoms with Gasteiger partial charge in [0.2, 0.25) is 0 Å². The summed E-state index contributed by atoms with van der Waals surface area (Å²) in [5.41, 5.74) is 5.39. The molecule has 3 nitrogen and oxygen atoms in total. The summed E-state index contributed by atoms with van der Waals surface area (Å²) in [6, 6.07) is 23.7. The number of hydrogen-bond acceptors (Lipinski definition) is 2. The van der Waals surface area contributed by atoms with Gasteiger partial charge in [0, 0.05) is 44.4 Å². The molecule has 1 saturated carbocycles. The molecule has 0 atom stereocenters. The van der Waals surface area contributed by atoms with Crippen LogP contribution in [0.5, 0.6) is 0 Å². The molecule has 0 spiro atoms. The molecule has 0 radical (unpaired) electrons. The third-order valence-corrected chi connectivity index (χ3v) is 9.94. The van der Waals surface area contributed by atoms with E-state index in [0.29, 0.717) is 23.9 Å². The van der Waals surface area contributed by atoms with Crippen molar-refractivity contribution in [2.45, 2.75) is 94.4 Å². The zero-order chi connectivity index (χ0) is 28.7. The predicted molar refractivity (Wildman–Crippen MR) is 168 cm³/mol. The molecule has 0 bridgehead atoms. The van der Waals surface area contributed by atoms with E-state index in [0.717, 1.165) is 42.5 Å². The maximum Gasteiger partial charge on any atom is 0.310 e. The van der Waals surface area contributed by atoms with Gasteiger partial charge in [0.25, 0.3) is 0 Å². The number of carboxylic acids is 1. The number of fused-ring (bicyclic) bond motifs is 1. The standard InChI is InChI=1S/C35H40ClNO2S/c1-23(2)25-10-17-30-29(20-25)32(40-28-15-11-26(12-16-28)34(3,4)5)31(21-35(33(38)39)18-6-7-19-35)37(30)22-24-8-13-27(36)14-9-24/h8-17,20,23H,6-7,18-19,21-22H2,1-5H3,(H,38,39). The third-order valence-electron chi connectivity index (χ3n) is 8.52. The first-order valence-corrected chi connectivity index (χ1v) is 15.6. The summed E-state index contributed by atoms with van der Waals surface area (Å²) in [6.07, 6.45) is 3.93. The molecule has 210 valence electrons. The Hall–Kier alpha value is -2.69. The quantitative estimate of drug-likeness (QED) is 0.228. The first kappa shape index (κ1) is 28.8. The number of carbonyl (C=O) groups is 1. The molecule has 0 amide bonds. The van der Waals surface area contributed by atoms with E-state index >= 15 is 0 Å². The van der Waals surface area contributed by atoms with Crippen LogP contribution < -0.4 is 0 Å². The molecule has 5 rings (SSSR count). The summed E-state index contributed by atoms with van der Waals surface area (Å²) in [5, 5.41) is 12.4. The number of aliphatic carboxylic acids is 1. The van der Waals surface area contributed by atoms with Crippen molar-refractivity contribution in [2.75, 3.05) is 0 Å². The van der Waals surface area contributed by atoms with Crippen LogP contribution in [0.3, 0.4) is 0 Å². The van der Waals surface area contributed by atoms with Crippen molar-refractivity contribution in [3.05, 3.63) is 94.1 Å². The molecule has 0 saturated heterocycles. The Labute approximate surface area is 247 Å². The lowest BCUT2D eigenvalue weighted by atomic mass is 9.81. The molecule has 5 heteroatoms. The topological polar surface area (TPSA) is 42.2 Å². The molecule has 0 aliphatic heterocycles. The summed E-state index contributed by atoms with van der Waals surface area (Å²) in [7, 11) is 0. The fourth-order valence-electron chi connectivity index (χ4n) is 5.98. The fourth-order valence-corrected chi connectivity index (χ4v) is 7.18. The van der Waals surface area contributed by atoms with E-state index in [2.05, 4.69) is 93.8 Å². The van der Waals surface area contributed by atoms with Gasteiger partial charge in [-0.25, -0.2) is 0 Å². The Morgan fingerprint density at radius 1 is 1.00 bits per heavy atom. The number of nitrogens with zero attached hydrogens (tertiary/aromatic N) is 1. The molecule has 3 aromatic carbocycles. The van der Waals surface area contributed by atoms with E-state index in [1.54, 1.807) is 11.8 Å². The van der Waals surface area contributed by atoms with Crippen LogP contribution in [-0.4, -0.2) is 15.6 Å². The maximum atomic E-state index is 12.8. The minimum atomic E-state index is -0.724. The van der Waals surface area contributed by atoms with Crippen LogP contribution in [-0.2, 0) is 23.2 Å². The van der Waals surface area contributed by atoms with Crippen molar-refractivity contribution < 1.29 is 9.90 Å². The zero-order valence-electron chi connectivity index (χ0n) is 24.3. The number of rotatable bonds is 8. The maximum absolute atomic E-state index is 12.8.